The number of halogens is 1. The van der Waals surface area contributed by atoms with Crippen LogP contribution in [0.3, 0.4) is 0 Å². The number of aromatic nitrogens is 1. The first-order valence-electron chi connectivity index (χ1n) is 13.2. The lowest BCUT2D eigenvalue weighted by Gasteiger charge is -2.30. The van der Waals surface area contributed by atoms with Crippen molar-refractivity contribution in [2.24, 2.45) is 0 Å². The zero-order valence-electron chi connectivity index (χ0n) is 22.3. The zero-order valence-corrected chi connectivity index (χ0v) is 23.1. The Hall–Kier alpha value is -4.48. The van der Waals surface area contributed by atoms with E-state index in [4.69, 9.17) is 4.74 Å². The van der Waals surface area contributed by atoms with Gasteiger partial charge in [-0.15, -0.1) is 11.3 Å². The first kappa shape index (κ1) is 26.7. The van der Waals surface area contributed by atoms with Crippen molar-refractivity contribution in [3.8, 4) is 22.6 Å². The number of rotatable bonds is 7. The largest absolute Gasteiger partial charge is 0.508 e. The van der Waals surface area contributed by atoms with E-state index in [0.717, 1.165) is 60.7 Å². The lowest BCUT2D eigenvalue weighted by Crippen LogP contribution is -2.43. The minimum atomic E-state index is -1.29. The van der Waals surface area contributed by atoms with Gasteiger partial charge in [0.25, 0.3) is 11.8 Å². The molecule has 0 radical (unpaired) electrons. The van der Waals surface area contributed by atoms with Gasteiger partial charge in [0.1, 0.15) is 23.4 Å². The predicted octanol–water partition coefficient (Wildman–Crippen LogP) is 4.41. The second kappa shape index (κ2) is 11.2. The number of aromatic hydroxyl groups is 1. The summed E-state index contributed by atoms with van der Waals surface area (Å²) >= 11 is 1.21. The van der Waals surface area contributed by atoms with E-state index in [1.54, 1.807) is 18.6 Å². The molecule has 0 aliphatic carbocycles. The number of thiazole rings is 1. The summed E-state index contributed by atoms with van der Waals surface area (Å²) in [6, 6.07) is 13.7. The van der Waals surface area contributed by atoms with E-state index in [-0.39, 0.29) is 17.9 Å². The number of phenols is 1. The molecule has 4 aromatic rings. The van der Waals surface area contributed by atoms with Gasteiger partial charge in [-0.3, -0.25) is 14.9 Å². The SMILES string of the molecule is COc1cc(N2CCNCC2)ccc1-c1ccc2c(c1)C(=O)N(C(C(=O)Nc1nccs1)c1cc(F)ccc1O)C2. The summed E-state index contributed by atoms with van der Waals surface area (Å²) < 4.78 is 20.0. The summed E-state index contributed by atoms with van der Waals surface area (Å²) in [5, 5.41) is 18.7. The minimum absolute atomic E-state index is 0.00870. The van der Waals surface area contributed by atoms with Crippen LogP contribution in [0, 0.1) is 5.82 Å². The number of phenolic OH excluding ortho intramolecular Hbond substituents is 1. The lowest BCUT2D eigenvalue weighted by atomic mass is 9.99. The summed E-state index contributed by atoms with van der Waals surface area (Å²) in [5.74, 6) is -1.24. The van der Waals surface area contributed by atoms with Gasteiger partial charge in [0.15, 0.2) is 5.13 Å². The number of nitrogens with zero attached hydrogens (tertiary/aromatic N) is 3. The molecular formula is C30H28FN5O4S. The Labute approximate surface area is 240 Å². The highest BCUT2D eigenvalue weighted by Crippen LogP contribution is 2.40. The van der Waals surface area contributed by atoms with Gasteiger partial charge in [0.05, 0.1) is 7.11 Å². The molecule has 2 aliphatic heterocycles. The number of piperazine rings is 1. The third-order valence-corrected chi connectivity index (χ3v) is 8.12. The van der Waals surface area contributed by atoms with Crippen LogP contribution in [0.2, 0.25) is 0 Å². The average Bonchev–Trinajstić information content (AvgIpc) is 3.62. The fourth-order valence-corrected chi connectivity index (χ4v) is 5.92. The molecule has 0 saturated carbocycles. The standard InChI is InChI=1S/C30H28FN5O4S/c1-40-26-16-21(35-11-8-32-9-12-35)5-6-22(26)18-2-3-19-17-36(29(39)23(19)14-18)27(24-15-20(31)4-7-25(24)37)28(38)34-30-33-10-13-41-30/h2-7,10,13-16,27,32,37H,8-9,11-12,17H2,1H3,(H,33,34,38). The molecule has 1 fully saturated rings. The van der Waals surface area contributed by atoms with Crippen molar-refractivity contribution in [1.29, 1.82) is 0 Å². The number of fused-ring (bicyclic) bond motifs is 1. The number of anilines is 2. The summed E-state index contributed by atoms with van der Waals surface area (Å²) in [5.41, 5.74) is 3.84. The molecule has 11 heteroatoms. The van der Waals surface area contributed by atoms with E-state index in [1.165, 1.54) is 28.5 Å². The highest BCUT2D eigenvalue weighted by Gasteiger charge is 2.39. The van der Waals surface area contributed by atoms with Crippen LogP contribution in [0.25, 0.3) is 11.1 Å². The monoisotopic (exact) mass is 573 g/mol. The third kappa shape index (κ3) is 5.21. The molecule has 2 aliphatic rings. The topological polar surface area (TPSA) is 107 Å². The van der Waals surface area contributed by atoms with Gasteiger partial charge in [-0.2, -0.15) is 0 Å². The fourth-order valence-electron chi connectivity index (χ4n) is 5.39. The highest BCUT2D eigenvalue weighted by atomic mass is 32.1. The molecule has 1 aromatic heterocycles. The second-order valence-corrected chi connectivity index (χ2v) is 10.8. The zero-order chi connectivity index (χ0) is 28.5. The summed E-state index contributed by atoms with van der Waals surface area (Å²) in [7, 11) is 1.62. The molecule has 2 amide bonds. The first-order chi connectivity index (χ1) is 19.9. The molecule has 3 N–H and O–H groups in total. The van der Waals surface area contributed by atoms with Crippen molar-refractivity contribution < 1.29 is 23.8 Å². The van der Waals surface area contributed by atoms with Gasteiger partial charge in [-0.1, -0.05) is 12.1 Å². The maximum Gasteiger partial charge on any atom is 0.255 e. The van der Waals surface area contributed by atoms with Crippen LogP contribution in [0.15, 0.2) is 66.2 Å². The van der Waals surface area contributed by atoms with Gasteiger partial charge in [0.2, 0.25) is 0 Å². The van der Waals surface area contributed by atoms with Gasteiger partial charge in [-0.05, 0) is 47.5 Å². The molecule has 0 bridgehead atoms. The summed E-state index contributed by atoms with van der Waals surface area (Å²) in [6.07, 6.45) is 1.54. The number of hydrogen-bond donors (Lipinski definition) is 3. The molecule has 0 spiro atoms. The molecule has 3 heterocycles. The van der Waals surface area contributed by atoms with Crippen LogP contribution < -0.4 is 20.3 Å². The van der Waals surface area contributed by atoms with Crippen molar-refractivity contribution in [2.45, 2.75) is 12.6 Å². The number of carbonyl (C=O) groups excluding carboxylic acids is 2. The molecule has 41 heavy (non-hydrogen) atoms. The van der Waals surface area contributed by atoms with Gasteiger partial charge in [-0.25, -0.2) is 9.37 Å². The Morgan fingerprint density at radius 2 is 1.95 bits per heavy atom. The van der Waals surface area contributed by atoms with Crippen molar-refractivity contribution in [2.75, 3.05) is 43.5 Å². The van der Waals surface area contributed by atoms with E-state index in [1.807, 2.05) is 24.3 Å². The van der Waals surface area contributed by atoms with Crippen molar-refractivity contribution in [3.05, 3.63) is 88.7 Å². The average molecular weight is 574 g/mol. The van der Waals surface area contributed by atoms with Crippen molar-refractivity contribution >= 4 is 34.0 Å². The number of hydrogen-bond acceptors (Lipinski definition) is 8. The van der Waals surface area contributed by atoms with Crippen LogP contribution in [0.4, 0.5) is 15.2 Å². The number of ether oxygens (including phenoxy) is 1. The number of methoxy groups -OCH3 is 1. The Balaban J connectivity index is 1.33. The van der Waals surface area contributed by atoms with E-state index in [2.05, 4.69) is 26.6 Å². The number of amides is 2. The van der Waals surface area contributed by atoms with Gasteiger partial charge < -0.3 is 25.0 Å². The number of nitrogens with one attached hydrogen (secondary N) is 2. The highest BCUT2D eigenvalue weighted by molar-refractivity contribution is 7.13. The Bertz CT molecular complexity index is 1610. The molecule has 210 valence electrons. The van der Waals surface area contributed by atoms with Crippen molar-refractivity contribution in [3.63, 3.8) is 0 Å². The summed E-state index contributed by atoms with van der Waals surface area (Å²) in [6.45, 7) is 3.76. The van der Waals surface area contributed by atoms with E-state index in [9.17, 15) is 19.1 Å². The minimum Gasteiger partial charge on any atom is -0.508 e. The van der Waals surface area contributed by atoms with E-state index < -0.39 is 23.7 Å². The fraction of sp³-hybridized carbons (Fsp3) is 0.233. The van der Waals surface area contributed by atoms with Gasteiger partial charge >= 0.3 is 0 Å². The number of benzene rings is 3. The predicted molar refractivity (Wildman–Crippen MR) is 155 cm³/mol. The molecule has 1 unspecified atom stereocenters. The second-order valence-electron chi connectivity index (χ2n) is 9.86. The van der Waals surface area contributed by atoms with Crippen molar-refractivity contribution in [1.82, 2.24) is 15.2 Å². The van der Waals surface area contributed by atoms with E-state index in [0.29, 0.717) is 16.4 Å². The molecule has 3 aromatic carbocycles. The van der Waals surface area contributed by atoms with E-state index >= 15 is 0 Å². The lowest BCUT2D eigenvalue weighted by molar-refractivity contribution is -0.120. The first-order valence-corrected chi connectivity index (χ1v) is 14.1. The van der Waals surface area contributed by atoms with Crippen LogP contribution >= 0.6 is 11.3 Å². The number of carbonyl (C=O) groups is 2. The van der Waals surface area contributed by atoms with Crippen LogP contribution in [-0.2, 0) is 11.3 Å². The molecule has 1 atom stereocenters. The molecule has 1 saturated heterocycles. The molecule has 6 rings (SSSR count). The summed E-state index contributed by atoms with van der Waals surface area (Å²) in [4.78, 5) is 35.0. The maximum atomic E-state index is 14.3. The van der Waals surface area contributed by atoms with Gasteiger partial charge in [0, 0.05) is 72.7 Å². The molecule has 9 nitrogen and oxygen atoms in total. The Kier molecular flexibility index (Phi) is 7.29. The van der Waals surface area contributed by atoms with Crippen LogP contribution in [-0.4, -0.2) is 60.1 Å². The third-order valence-electron chi connectivity index (χ3n) is 7.43. The van der Waals surface area contributed by atoms with Crippen LogP contribution in [0.1, 0.15) is 27.5 Å². The normalized spacial score (nSPS) is 15.5. The molecular weight excluding hydrogens is 545 g/mol. The van der Waals surface area contributed by atoms with Crippen LogP contribution in [0.5, 0.6) is 11.5 Å². The Morgan fingerprint density at radius 3 is 2.71 bits per heavy atom. The maximum absolute atomic E-state index is 14.3. The smallest absolute Gasteiger partial charge is 0.255 e. The quantitative estimate of drug-likeness (QED) is 0.301. The Morgan fingerprint density at radius 1 is 1.12 bits per heavy atom.